The summed E-state index contributed by atoms with van der Waals surface area (Å²) in [5, 5.41) is 5.38. The van der Waals surface area contributed by atoms with Crippen LogP contribution >= 0.6 is 0 Å². The lowest BCUT2D eigenvalue weighted by molar-refractivity contribution is 0.261. The van der Waals surface area contributed by atoms with E-state index in [-0.39, 0.29) is 6.03 Å². The van der Waals surface area contributed by atoms with Gasteiger partial charge in [-0.15, -0.1) is 0 Å². The highest BCUT2D eigenvalue weighted by Crippen LogP contribution is 2.16. The Morgan fingerprint density at radius 3 is 2.65 bits per heavy atom. The number of benzene rings is 1. The van der Waals surface area contributed by atoms with Crippen LogP contribution in [0.3, 0.4) is 0 Å². The Balaban J connectivity index is 2.01. The fraction of sp³-hybridized carbons (Fsp3) is 0.154. The maximum atomic E-state index is 11.7. The van der Waals surface area contributed by atoms with Crippen molar-refractivity contribution < 1.29 is 9.21 Å². The van der Waals surface area contributed by atoms with Crippen LogP contribution in [0, 0.1) is 13.8 Å². The Hall–Kier alpha value is -2.23. The summed E-state index contributed by atoms with van der Waals surface area (Å²) in [4.78, 5) is 11.7. The van der Waals surface area contributed by atoms with Crippen LogP contribution in [-0.2, 0) is 0 Å². The first-order valence-corrected chi connectivity index (χ1v) is 5.34. The fourth-order valence-electron chi connectivity index (χ4n) is 1.49. The van der Waals surface area contributed by atoms with E-state index in [1.165, 1.54) is 6.26 Å². The van der Waals surface area contributed by atoms with Crippen LogP contribution in [0.4, 0.5) is 16.4 Å². The van der Waals surface area contributed by atoms with Crippen molar-refractivity contribution in [2.24, 2.45) is 0 Å². The molecule has 1 aromatic carbocycles. The van der Waals surface area contributed by atoms with Gasteiger partial charge in [-0.25, -0.2) is 4.79 Å². The van der Waals surface area contributed by atoms with Gasteiger partial charge in [0, 0.05) is 11.3 Å². The van der Waals surface area contributed by atoms with Crippen LogP contribution in [0.15, 0.2) is 41.0 Å². The van der Waals surface area contributed by atoms with Crippen molar-refractivity contribution in [2.75, 3.05) is 10.6 Å². The molecule has 0 spiro atoms. The molecule has 2 rings (SSSR count). The van der Waals surface area contributed by atoms with E-state index in [9.17, 15) is 4.79 Å². The van der Waals surface area contributed by atoms with Crippen LogP contribution < -0.4 is 10.6 Å². The van der Waals surface area contributed by atoms with Gasteiger partial charge in [-0.1, -0.05) is 12.1 Å². The van der Waals surface area contributed by atoms with Gasteiger partial charge in [-0.05, 0) is 37.6 Å². The maximum absolute atomic E-state index is 11.7. The zero-order valence-corrected chi connectivity index (χ0v) is 9.78. The van der Waals surface area contributed by atoms with E-state index in [0.29, 0.717) is 5.88 Å². The van der Waals surface area contributed by atoms with Gasteiger partial charge in [0.2, 0.25) is 5.88 Å². The van der Waals surface area contributed by atoms with Crippen molar-refractivity contribution >= 4 is 17.6 Å². The zero-order chi connectivity index (χ0) is 12.3. The highest BCUT2D eigenvalue weighted by molar-refractivity contribution is 5.99. The summed E-state index contributed by atoms with van der Waals surface area (Å²) in [6.07, 6.45) is 1.54. The molecule has 0 aliphatic rings. The first-order chi connectivity index (χ1) is 8.15. The molecule has 0 atom stereocenters. The molecule has 1 aromatic heterocycles. The van der Waals surface area contributed by atoms with Crippen LogP contribution in [-0.4, -0.2) is 6.03 Å². The third kappa shape index (κ3) is 2.87. The molecular formula is C13H14N2O2. The summed E-state index contributed by atoms with van der Waals surface area (Å²) < 4.78 is 5.12. The summed E-state index contributed by atoms with van der Waals surface area (Å²) in [6.45, 7) is 3.84. The number of carbonyl (C=O) groups excluding carboxylic acids is 1. The molecule has 0 bridgehead atoms. The number of furan rings is 1. The van der Waals surface area contributed by atoms with Crippen LogP contribution in [0.1, 0.15) is 11.1 Å². The van der Waals surface area contributed by atoms with Crippen molar-refractivity contribution in [3.05, 3.63) is 47.7 Å². The SMILES string of the molecule is Cc1cccc(NC(=O)Nc2occc2C)c1. The first kappa shape index (κ1) is 11.3. The number of rotatable bonds is 2. The summed E-state index contributed by atoms with van der Waals surface area (Å²) in [7, 11) is 0. The second-order valence-electron chi connectivity index (χ2n) is 3.88. The molecule has 4 nitrogen and oxygen atoms in total. The predicted octanol–water partition coefficient (Wildman–Crippen LogP) is 3.54. The van der Waals surface area contributed by atoms with E-state index in [0.717, 1.165) is 16.8 Å². The third-order valence-electron chi connectivity index (χ3n) is 2.37. The Labute approximate surface area is 99.6 Å². The summed E-state index contributed by atoms with van der Waals surface area (Å²) in [6, 6.07) is 9.08. The van der Waals surface area contributed by atoms with E-state index < -0.39 is 0 Å². The summed E-state index contributed by atoms with van der Waals surface area (Å²) in [5.41, 5.74) is 2.74. The minimum atomic E-state index is -0.311. The van der Waals surface area contributed by atoms with Crippen LogP contribution in [0.5, 0.6) is 0 Å². The molecule has 0 radical (unpaired) electrons. The maximum Gasteiger partial charge on any atom is 0.326 e. The molecular weight excluding hydrogens is 216 g/mol. The molecule has 0 aliphatic carbocycles. The molecule has 0 unspecified atom stereocenters. The van der Waals surface area contributed by atoms with Crippen molar-refractivity contribution in [1.29, 1.82) is 0 Å². The van der Waals surface area contributed by atoms with Crippen LogP contribution in [0.2, 0.25) is 0 Å². The lowest BCUT2D eigenvalue weighted by atomic mass is 10.2. The largest absolute Gasteiger partial charge is 0.448 e. The lowest BCUT2D eigenvalue weighted by Gasteiger charge is -2.06. The van der Waals surface area contributed by atoms with E-state index in [1.807, 2.05) is 38.1 Å². The average molecular weight is 230 g/mol. The molecule has 17 heavy (non-hydrogen) atoms. The Morgan fingerprint density at radius 2 is 2.00 bits per heavy atom. The monoisotopic (exact) mass is 230 g/mol. The molecule has 2 N–H and O–H groups in total. The zero-order valence-electron chi connectivity index (χ0n) is 9.78. The second-order valence-corrected chi connectivity index (χ2v) is 3.88. The summed E-state index contributed by atoms with van der Waals surface area (Å²) in [5.74, 6) is 0.468. The minimum absolute atomic E-state index is 0.311. The van der Waals surface area contributed by atoms with Gasteiger partial charge in [0.1, 0.15) is 0 Å². The quantitative estimate of drug-likeness (QED) is 0.829. The van der Waals surface area contributed by atoms with Gasteiger partial charge >= 0.3 is 6.03 Å². The van der Waals surface area contributed by atoms with Crippen molar-refractivity contribution in [1.82, 2.24) is 0 Å². The molecule has 2 amide bonds. The number of hydrogen-bond donors (Lipinski definition) is 2. The van der Waals surface area contributed by atoms with Crippen molar-refractivity contribution in [3.63, 3.8) is 0 Å². The average Bonchev–Trinajstić information content (AvgIpc) is 2.64. The molecule has 0 saturated carbocycles. The van der Waals surface area contributed by atoms with Gasteiger partial charge in [-0.2, -0.15) is 0 Å². The van der Waals surface area contributed by atoms with Gasteiger partial charge in [0.25, 0.3) is 0 Å². The number of amides is 2. The molecule has 4 heteroatoms. The number of nitrogens with one attached hydrogen (secondary N) is 2. The first-order valence-electron chi connectivity index (χ1n) is 5.34. The van der Waals surface area contributed by atoms with Gasteiger partial charge in [0.05, 0.1) is 6.26 Å². The van der Waals surface area contributed by atoms with Crippen LogP contribution in [0.25, 0.3) is 0 Å². The predicted molar refractivity (Wildman–Crippen MR) is 67.3 cm³/mol. The molecule has 2 aromatic rings. The normalized spacial score (nSPS) is 10.0. The van der Waals surface area contributed by atoms with E-state index >= 15 is 0 Å². The molecule has 0 aliphatic heterocycles. The smallest absolute Gasteiger partial charge is 0.326 e. The van der Waals surface area contributed by atoms with Gasteiger partial charge < -0.3 is 9.73 Å². The van der Waals surface area contributed by atoms with Gasteiger partial charge in [0.15, 0.2) is 0 Å². The standard InChI is InChI=1S/C13H14N2O2/c1-9-4-3-5-11(8-9)14-13(16)15-12-10(2)6-7-17-12/h3-8H,1-2H3,(H2,14,15,16). The van der Waals surface area contributed by atoms with Crippen molar-refractivity contribution in [2.45, 2.75) is 13.8 Å². The molecule has 1 heterocycles. The molecule has 88 valence electrons. The molecule has 0 fully saturated rings. The van der Waals surface area contributed by atoms with Gasteiger partial charge in [-0.3, -0.25) is 5.32 Å². The third-order valence-corrected chi connectivity index (χ3v) is 2.37. The van der Waals surface area contributed by atoms with E-state index in [2.05, 4.69) is 10.6 Å². The van der Waals surface area contributed by atoms with E-state index in [1.54, 1.807) is 6.07 Å². The Bertz CT molecular complexity index is 532. The Morgan fingerprint density at radius 1 is 1.18 bits per heavy atom. The number of urea groups is 1. The second kappa shape index (κ2) is 4.74. The number of carbonyl (C=O) groups is 1. The van der Waals surface area contributed by atoms with E-state index in [4.69, 9.17) is 4.42 Å². The molecule has 0 saturated heterocycles. The highest BCUT2D eigenvalue weighted by atomic mass is 16.3. The summed E-state index contributed by atoms with van der Waals surface area (Å²) >= 11 is 0. The Kier molecular flexibility index (Phi) is 3.14. The fourth-order valence-corrected chi connectivity index (χ4v) is 1.49. The van der Waals surface area contributed by atoms with Crippen molar-refractivity contribution in [3.8, 4) is 0 Å². The number of aryl methyl sites for hydroxylation is 2. The number of anilines is 2. The number of hydrogen-bond acceptors (Lipinski definition) is 2. The highest BCUT2D eigenvalue weighted by Gasteiger charge is 2.07. The lowest BCUT2D eigenvalue weighted by Crippen LogP contribution is -2.19. The topological polar surface area (TPSA) is 54.3 Å². The minimum Gasteiger partial charge on any atom is -0.448 e.